The van der Waals surface area contributed by atoms with Crippen molar-refractivity contribution in [1.29, 1.82) is 0 Å². The van der Waals surface area contributed by atoms with Crippen LogP contribution in [0.4, 0.5) is 8.78 Å². The van der Waals surface area contributed by atoms with Gasteiger partial charge in [-0.05, 0) is 311 Å². The highest BCUT2D eigenvalue weighted by Gasteiger charge is 3.70. The summed E-state index contributed by atoms with van der Waals surface area (Å²) in [5.41, 5.74) is 17.3. The van der Waals surface area contributed by atoms with Gasteiger partial charge in [-0.2, -0.15) is 0 Å². The molecule has 0 nitrogen and oxygen atoms in total. The Kier molecular flexibility index (Phi) is 1.21. The Morgan fingerprint density at radius 2 is 0.785 bits per heavy atom. The number of hydrogen-bond donors (Lipinski definition) is 0. The van der Waals surface area contributed by atoms with Gasteiger partial charge in [0.05, 0.1) is 6.67 Å². The third kappa shape index (κ3) is 0.512. The number of rotatable bonds is 1. The van der Waals surface area contributed by atoms with E-state index in [0.29, 0.717) is 59.6 Å². The van der Waals surface area contributed by atoms with Crippen LogP contribution in [0.1, 0.15) is 32.1 Å². The van der Waals surface area contributed by atoms with E-state index in [2.05, 4.69) is 0 Å². The van der Waals surface area contributed by atoms with Crippen LogP contribution in [0.3, 0.4) is 0 Å². The van der Waals surface area contributed by atoms with Crippen LogP contribution in [-0.4, -0.2) is 12.3 Å². The number of alkyl halides is 2. The van der Waals surface area contributed by atoms with Crippen LogP contribution in [0.2, 0.25) is 0 Å². The van der Waals surface area contributed by atoms with Gasteiger partial charge in [-0.15, -0.1) is 0 Å². The summed E-state index contributed by atoms with van der Waals surface area (Å²) < 4.78 is 43.1. The van der Waals surface area contributed by atoms with Crippen LogP contribution in [0.25, 0.3) is 0 Å². The van der Waals surface area contributed by atoms with E-state index in [1.807, 2.05) is 0 Å². The smallest absolute Gasteiger partial charge is 0.132 e. The first-order valence-corrected chi connectivity index (χ1v) is 31.4. The van der Waals surface area contributed by atoms with E-state index in [1.54, 1.807) is 32.1 Å². The average Bonchev–Trinajstić information content (AvgIpc) is 3.17. The molecule has 29 spiro atoms. The van der Waals surface area contributed by atoms with Gasteiger partial charge in [-0.3, -0.25) is 4.39 Å². The van der Waals surface area contributed by atoms with Gasteiger partial charge in [-0.1, -0.05) is 0 Å². The summed E-state index contributed by atoms with van der Waals surface area (Å²) in [4.78, 5) is 0. The average molecular weight is 833 g/mol. The molecule has 0 aliphatic heterocycles. The van der Waals surface area contributed by atoms with Gasteiger partial charge in [0.25, 0.3) is 0 Å². The van der Waals surface area contributed by atoms with Crippen LogP contribution < -0.4 is 0 Å². The second kappa shape index (κ2) is 3.46. The lowest BCUT2D eigenvalue weighted by molar-refractivity contribution is -1.21. The molecule has 0 N–H and O–H groups in total. The maximum Gasteiger partial charge on any atom is 0.132 e. The molecule has 2 heteroatoms. The Labute approximate surface area is 367 Å². The molecule has 44 saturated carbocycles. The van der Waals surface area contributed by atoms with E-state index < -0.39 is 5.67 Å². The van der Waals surface area contributed by atoms with Crippen LogP contribution in [0, 0.1) is 316 Å². The predicted octanol–water partition coefficient (Wildman–Crippen LogP) is 5.83. The first-order valence-electron chi connectivity index (χ1n) is 31.4. The molecule has 2 bridgehead atoms. The molecule has 65 heavy (non-hydrogen) atoms. The second-order valence-corrected chi connectivity index (χ2v) is 40.8. The Balaban J connectivity index is 0.772. The first-order chi connectivity index (χ1) is 32.1. The van der Waals surface area contributed by atoms with Crippen molar-refractivity contribution in [2.75, 3.05) is 6.67 Å². The fraction of sp³-hybridized carbons (Fsp3) is 1.00. The lowest BCUT2D eigenvalue weighted by Gasteiger charge is -3.65. The number of hydrogen-bond acceptors (Lipinski definition) is 0. The van der Waals surface area contributed by atoms with E-state index in [0.717, 1.165) is 170 Å². The molecule has 304 valence electrons. The summed E-state index contributed by atoms with van der Waals surface area (Å²) in [5.74, 6) is 29.4. The van der Waals surface area contributed by atoms with E-state index >= 15 is 8.78 Å². The van der Waals surface area contributed by atoms with Crippen LogP contribution in [0.5, 0.6) is 0 Å². The highest BCUT2D eigenvalue weighted by atomic mass is 19.1. The molecule has 0 saturated heterocycles. The molecule has 0 amide bonds. The van der Waals surface area contributed by atoms with Gasteiger partial charge < -0.3 is 0 Å². The summed E-state index contributed by atoms with van der Waals surface area (Å²) in [6, 6.07) is 0. The summed E-state index contributed by atoms with van der Waals surface area (Å²) in [7, 11) is 0. The van der Waals surface area contributed by atoms with Gasteiger partial charge in [0, 0.05) is 37.9 Å². The van der Waals surface area contributed by atoms with Crippen molar-refractivity contribution in [3.05, 3.63) is 0 Å². The van der Waals surface area contributed by atoms with Crippen molar-refractivity contribution in [2.24, 2.45) is 316 Å². The lowest BCUT2D eigenvalue weighted by atomic mass is 8.37. The maximum atomic E-state index is 23.7. The molecule has 0 heterocycles. The lowest BCUT2D eigenvalue weighted by Crippen LogP contribution is -3.65. The predicted molar refractivity (Wildman–Crippen MR) is 197 cm³/mol. The molecule has 57 atom stereocenters. The largest absolute Gasteiger partial charge is 0.250 e. The van der Waals surface area contributed by atoms with Crippen molar-refractivity contribution >= 4 is 0 Å². The molecule has 44 rings (SSSR count). The van der Waals surface area contributed by atoms with Crippen molar-refractivity contribution in [3.63, 3.8) is 0 Å². The Morgan fingerprint density at radius 3 is 1.48 bits per heavy atom. The fourth-order valence-electron chi connectivity index (χ4n) is 68.6. The van der Waals surface area contributed by atoms with Crippen LogP contribution >= 0.6 is 0 Å². The fourth-order valence-corrected chi connectivity index (χ4v) is 68.6. The van der Waals surface area contributed by atoms with E-state index in [4.69, 9.17) is 0 Å². The third-order valence-electron chi connectivity index (χ3n) is 54.4. The number of halogens is 2. The SMILES string of the molecule is FCC12C34CC56C7C8C9CC%10C%11C%12C%13C%14C%15C%16CC%17C%18C%19C%20C%21CC%22C%23C%24C%25C%26C%27C%28CC%29C7C53C%29%28C%274C%261C%251C%243C%234C%22%21C%205C%197C%18%19C%16%17C%15%16C%14%15C%13%14C%12%13C(C%12C86C9%10C%11%12%13)C%146C8(F)C21C31C45C72C%16%19C6%15C812. The minimum atomic E-state index is -0.824. The Bertz CT molecular complexity index is 4370. The quantitative estimate of drug-likeness (QED) is 0.313. The van der Waals surface area contributed by atoms with Crippen molar-refractivity contribution in [2.45, 2.75) is 37.8 Å². The van der Waals surface area contributed by atoms with Crippen LogP contribution in [0.15, 0.2) is 0 Å². The Hall–Kier alpha value is -0.140. The van der Waals surface area contributed by atoms with E-state index in [9.17, 15) is 0 Å². The molecule has 44 aliphatic carbocycles. The minimum Gasteiger partial charge on any atom is -0.250 e. The van der Waals surface area contributed by atoms with Crippen LogP contribution in [-0.2, 0) is 0 Å². The molecule has 0 aromatic rings. The zero-order valence-electron chi connectivity index (χ0n) is 35.5. The zero-order valence-corrected chi connectivity index (χ0v) is 35.5. The molecular formula is C63H38F2. The standard InChI is InChI=1S/C63H38F2/c64-6-35-34-5-33-23-15-7-1-8-16-24-29-27-21-13-3-11-19-25-20-12-4-14-22-28-30-26-18-10-2-9-17(23)43(33,34)37(9,10)44(18,34)45(26,35)51(30)54(28)50(22)39(12,14)49(20)53(25)48(19)38(11,13)47(21)52(27)46(29)42(24)32(31-40(15,33)36(7,8)41(16,31)42)55(46)59(52)57(47,48)61(53)58(49,50)60(54)56(35,51)63(55,65)62(59,60)61/h7-32H,1-6H2. The highest BCUT2D eigenvalue weighted by molar-refractivity contribution is 6.13. The molecule has 0 aromatic heterocycles. The normalized spacial score (nSPS) is 137. The maximum absolute atomic E-state index is 23.7. The molecular weight excluding hydrogens is 795 g/mol. The van der Waals surface area contributed by atoms with Gasteiger partial charge in [0.2, 0.25) is 0 Å². The Morgan fingerprint density at radius 1 is 0.308 bits per heavy atom. The molecule has 0 radical (unpaired) electrons. The zero-order chi connectivity index (χ0) is 36.8. The topological polar surface area (TPSA) is 0 Å². The molecule has 44 aliphatic rings. The van der Waals surface area contributed by atoms with Crippen molar-refractivity contribution < 1.29 is 8.78 Å². The monoisotopic (exact) mass is 832 g/mol. The first kappa shape index (κ1) is 22.7. The van der Waals surface area contributed by atoms with E-state index in [1.165, 1.54) is 65.1 Å². The summed E-state index contributed by atoms with van der Waals surface area (Å²) in [6.07, 6.45) is 8.52. The van der Waals surface area contributed by atoms with Crippen molar-refractivity contribution in [3.8, 4) is 0 Å². The molecule has 0 aromatic carbocycles. The summed E-state index contributed by atoms with van der Waals surface area (Å²) >= 11 is 0. The van der Waals surface area contributed by atoms with Crippen molar-refractivity contribution in [1.82, 2.24) is 0 Å². The van der Waals surface area contributed by atoms with Gasteiger partial charge in [-0.25, -0.2) is 4.39 Å². The van der Waals surface area contributed by atoms with Gasteiger partial charge in [0.15, 0.2) is 0 Å². The second-order valence-electron chi connectivity index (χ2n) is 40.8. The van der Waals surface area contributed by atoms with Gasteiger partial charge in [0.1, 0.15) is 5.67 Å². The third-order valence-corrected chi connectivity index (χ3v) is 54.4. The summed E-state index contributed by atoms with van der Waals surface area (Å²) in [6.45, 7) is 0.0843. The van der Waals surface area contributed by atoms with Gasteiger partial charge >= 0.3 is 0 Å². The molecule has 57 unspecified atom stereocenters. The number of fused-ring (bicyclic) bond motifs is 20. The molecule has 44 fully saturated rings. The minimum absolute atomic E-state index is 0.0571. The summed E-state index contributed by atoms with van der Waals surface area (Å²) in [5, 5.41) is 0. The van der Waals surface area contributed by atoms with E-state index in [-0.39, 0.29) is 28.3 Å². The highest BCUT2D eigenvalue weighted by Crippen LogP contribution is 3.69.